The highest BCUT2D eigenvalue weighted by molar-refractivity contribution is 5.84. The molecule has 3 saturated carbocycles. The second kappa shape index (κ2) is 9.68. The van der Waals surface area contributed by atoms with Crippen LogP contribution in [-0.4, -0.2) is 23.3 Å². The number of hydrogen-bond donors (Lipinski definition) is 1. The molecule has 0 radical (unpaired) electrons. The fourth-order valence-electron chi connectivity index (χ4n) is 9.25. The summed E-state index contributed by atoms with van der Waals surface area (Å²) in [5, 5.41) is 11.5. The van der Waals surface area contributed by atoms with Crippen LogP contribution in [-0.2, 0) is 16.1 Å². The molecule has 4 heteroatoms. The predicted octanol–water partition coefficient (Wildman–Crippen LogP) is 7.40. The van der Waals surface area contributed by atoms with Crippen molar-refractivity contribution in [1.29, 1.82) is 0 Å². The molecule has 0 heterocycles. The Bertz CT molecular complexity index is 1060. The van der Waals surface area contributed by atoms with Gasteiger partial charge in [0.05, 0.1) is 13.2 Å². The Labute approximate surface area is 223 Å². The van der Waals surface area contributed by atoms with Gasteiger partial charge in [0.2, 0.25) is 0 Å². The molecule has 4 aliphatic rings. The molecule has 1 aromatic rings. The van der Waals surface area contributed by atoms with Crippen molar-refractivity contribution in [3.8, 4) is 5.75 Å². The lowest BCUT2D eigenvalue weighted by molar-refractivity contribution is -0.231. The fraction of sp³-hybridized carbons (Fsp3) is 0.667. The molecule has 0 aliphatic heterocycles. The van der Waals surface area contributed by atoms with Crippen molar-refractivity contribution < 1.29 is 19.4 Å². The minimum atomic E-state index is -1.11. The molecule has 37 heavy (non-hydrogen) atoms. The largest absolute Gasteiger partial charge is 0.494 e. The van der Waals surface area contributed by atoms with Gasteiger partial charge in [-0.15, -0.1) is 6.58 Å². The maximum atomic E-state index is 13.0. The molecule has 3 fully saturated rings. The van der Waals surface area contributed by atoms with Crippen molar-refractivity contribution in [3.63, 3.8) is 0 Å². The normalized spacial score (nSPS) is 40.7. The second-order valence-corrected chi connectivity index (χ2v) is 12.9. The minimum absolute atomic E-state index is 0.0616. The van der Waals surface area contributed by atoms with Gasteiger partial charge in [0.1, 0.15) is 11.5 Å². The van der Waals surface area contributed by atoms with E-state index in [4.69, 9.17) is 9.47 Å². The Morgan fingerprint density at radius 2 is 1.84 bits per heavy atom. The molecule has 7 unspecified atom stereocenters. The number of allylic oxidation sites excluding steroid dienone is 2. The van der Waals surface area contributed by atoms with Crippen LogP contribution < -0.4 is 4.74 Å². The summed E-state index contributed by atoms with van der Waals surface area (Å²) in [6.45, 7) is 13.7. The number of carbonyl (C=O) groups excluding carboxylic acids is 1. The molecular formula is C33H46O4. The molecule has 7 atom stereocenters. The molecule has 0 aromatic heterocycles. The summed E-state index contributed by atoms with van der Waals surface area (Å²) >= 11 is 0. The summed E-state index contributed by atoms with van der Waals surface area (Å²) in [6, 6.07) is 7.95. The highest BCUT2D eigenvalue weighted by Gasteiger charge is 2.65. The Morgan fingerprint density at radius 1 is 1.11 bits per heavy atom. The molecule has 202 valence electrons. The number of ketones is 1. The first kappa shape index (κ1) is 26.7. The van der Waals surface area contributed by atoms with E-state index in [0.717, 1.165) is 49.8 Å². The van der Waals surface area contributed by atoms with Gasteiger partial charge < -0.3 is 14.6 Å². The van der Waals surface area contributed by atoms with Crippen LogP contribution in [0.3, 0.4) is 0 Å². The molecule has 0 bridgehead atoms. The average Bonchev–Trinajstić information content (AvgIpc) is 3.18. The van der Waals surface area contributed by atoms with Crippen LogP contribution in [0.25, 0.3) is 0 Å². The summed E-state index contributed by atoms with van der Waals surface area (Å²) in [6.07, 6.45) is 13.0. The van der Waals surface area contributed by atoms with Gasteiger partial charge >= 0.3 is 0 Å². The first-order valence-corrected chi connectivity index (χ1v) is 14.5. The molecule has 4 nitrogen and oxygen atoms in total. The zero-order chi connectivity index (χ0) is 26.5. The zero-order valence-corrected chi connectivity index (χ0v) is 23.4. The highest BCUT2D eigenvalue weighted by Crippen LogP contribution is 2.70. The van der Waals surface area contributed by atoms with Crippen LogP contribution in [0.2, 0.25) is 0 Å². The number of carbonyl (C=O) groups is 1. The van der Waals surface area contributed by atoms with E-state index in [1.165, 1.54) is 12.0 Å². The molecule has 0 saturated heterocycles. The van der Waals surface area contributed by atoms with Crippen LogP contribution in [0.1, 0.15) is 91.0 Å². The third kappa shape index (κ3) is 4.23. The minimum Gasteiger partial charge on any atom is -0.494 e. The van der Waals surface area contributed by atoms with Crippen molar-refractivity contribution in [2.45, 2.75) is 97.9 Å². The van der Waals surface area contributed by atoms with Crippen LogP contribution >= 0.6 is 0 Å². The van der Waals surface area contributed by atoms with Gasteiger partial charge in [-0.05, 0) is 105 Å². The molecule has 1 aromatic carbocycles. The maximum Gasteiger partial charge on any atom is 0.169 e. The number of hydrogen-bond acceptors (Lipinski definition) is 4. The van der Waals surface area contributed by atoms with Gasteiger partial charge in [-0.3, -0.25) is 4.79 Å². The van der Waals surface area contributed by atoms with Crippen molar-refractivity contribution in [2.24, 2.45) is 34.0 Å². The van der Waals surface area contributed by atoms with E-state index in [-0.39, 0.29) is 16.2 Å². The van der Waals surface area contributed by atoms with E-state index in [2.05, 4.69) is 26.5 Å². The summed E-state index contributed by atoms with van der Waals surface area (Å²) in [7, 11) is 0. The Kier molecular flexibility index (Phi) is 6.98. The van der Waals surface area contributed by atoms with E-state index in [0.29, 0.717) is 49.6 Å². The Hall–Kier alpha value is -1.91. The smallest absolute Gasteiger partial charge is 0.169 e. The van der Waals surface area contributed by atoms with Gasteiger partial charge in [-0.25, -0.2) is 0 Å². The number of fused-ring (bicyclic) bond motifs is 5. The number of aliphatic hydroxyl groups is 1. The first-order valence-electron chi connectivity index (χ1n) is 14.5. The lowest BCUT2D eigenvalue weighted by atomic mass is 9.45. The van der Waals surface area contributed by atoms with Crippen LogP contribution in [0.15, 0.2) is 48.6 Å². The molecular weight excluding hydrogens is 460 g/mol. The molecule has 5 rings (SSSR count). The number of Topliss-reactive ketones (excluding diaryl/α,β-unsaturated/α-hetero) is 1. The van der Waals surface area contributed by atoms with Crippen molar-refractivity contribution in [1.82, 2.24) is 0 Å². The van der Waals surface area contributed by atoms with Gasteiger partial charge in [-0.1, -0.05) is 43.7 Å². The summed E-state index contributed by atoms with van der Waals surface area (Å²) in [4.78, 5) is 13.0. The van der Waals surface area contributed by atoms with Crippen molar-refractivity contribution in [2.75, 3.05) is 6.61 Å². The van der Waals surface area contributed by atoms with Crippen LogP contribution in [0.5, 0.6) is 5.75 Å². The third-order valence-corrected chi connectivity index (χ3v) is 11.4. The monoisotopic (exact) mass is 506 g/mol. The second-order valence-electron chi connectivity index (χ2n) is 12.9. The van der Waals surface area contributed by atoms with Crippen molar-refractivity contribution >= 4 is 5.78 Å². The fourth-order valence-corrected chi connectivity index (χ4v) is 9.25. The molecule has 0 amide bonds. The van der Waals surface area contributed by atoms with E-state index < -0.39 is 5.79 Å². The number of benzene rings is 1. The zero-order valence-electron chi connectivity index (χ0n) is 23.4. The average molecular weight is 507 g/mol. The predicted molar refractivity (Wildman–Crippen MR) is 147 cm³/mol. The Balaban J connectivity index is 1.31. The summed E-state index contributed by atoms with van der Waals surface area (Å²) < 4.78 is 11.7. The van der Waals surface area contributed by atoms with Crippen LogP contribution in [0, 0.1) is 34.0 Å². The van der Waals surface area contributed by atoms with Gasteiger partial charge in [0.15, 0.2) is 5.79 Å². The topological polar surface area (TPSA) is 55.8 Å². The highest BCUT2D eigenvalue weighted by atomic mass is 16.6. The maximum absolute atomic E-state index is 13.0. The van der Waals surface area contributed by atoms with Crippen LogP contribution in [0.4, 0.5) is 0 Å². The molecule has 4 aliphatic carbocycles. The van der Waals surface area contributed by atoms with Crippen molar-refractivity contribution in [3.05, 3.63) is 54.1 Å². The first-order chi connectivity index (χ1) is 17.6. The number of ether oxygens (including phenoxy) is 2. The van der Waals surface area contributed by atoms with E-state index in [1.54, 1.807) is 0 Å². The molecule has 0 spiro atoms. The SMILES string of the molecule is C=CCC1(C(C)=O)CCC2C3CC=C4CC(O)(OCc5ccc(OCC)cc5)CCC4(C)C3CCC21C. The standard InChI is InChI=1S/C33H46O4/c1-6-16-32(23(3)34)18-15-29-27-13-10-25-21-33(35,37-22-24-8-11-26(12-9-24)36-7-2)20-19-30(25,4)28(27)14-17-31(29,32)5/h6,8-12,27-29,35H,1,7,13-22H2,2-5H3. The summed E-state index contributed by atoms with van der Waals surface area (Å²) in [5.74, 6) is 1.93. The van der Waals surface area contributed by atoms with Gasteiger partial charge in [-0.2, -0.15) is 0 Å². The third-order valence-electron chi connectivity index (χ3n) is 11.4. The summed E-state index contributed by atoms with van der Waals surface area (Å²) in [5.41, 5.74) is 2.37. The van der Waals surface area contributed by atoms with Gasteiger partial charge in [0.25, 0.3) is 0 Å². The van der Waals surface area contributed by atoms with E-state index in [1.807, 2.05) is 44.2 Å². The van der Waals surface area contributed by atoms with E-state index >= 15 is 0 Å². The van der Waals surface area contributed by atoms with E-state index in [9.17, 15) is 9.90 Å². The quantitative estimate of drug-likeness (QED) is 0.295. The lowest BCUT2D eigenvalue weighted by Gasteiger charge is -2.60. The van der Waals surface area contributed by atoms with Gasteiger partial charge in [0, 0.05) is 18.3 Å². The lowest BCUT2D eigenvalue weighted by Crippen LogP contribution is -2.55. The molecule has 1 N–H and O–H groups in total. The number of rotatable bonds is 8. The Morgan fingerprint density at radius 3 is 2.51 bits per heavy atom.